The van der Waals surface area contributed by atoms with E-state index in [-0.39, 0.29) is 31.1 Å². The molecule has 2 heterocycles. The van der Waals surface area contributed by atoms with Gasteiger partial charge in [0, 0.05) is 51.0 Å². The summed E-state index contributed by atoms with van der Waals surface area (Å²) in [6.07, 6.45) is 1.30. The predicted octanol–water partition coefficient (Wildman–Crippen LogP) is -4.94. The number of carbonyl (C=O) groups excluding carboxylic acids is 1. The minimum Gasteiger partial charge on any atom is -0.476 e. The zero-order valence-corrected chi connectivity index (χ0v) is 20.3. The van der Waals surface area contributed by atoms with Gasteiger partial charge in [0.1, 0.15) is 5.75 Å². The van der Waals surface area contributed by atoms with Gasteiger partial charge in [-0.2, -0.15) is 13.4 Å². The van der Waals surface area contributed by atoms with Gasteiger partial charge in [-0.1, -0.05) is 0 Å². The monoisotopic (exact) mass is 519 g/mol. The topological polar surface area (TPSA) is 205 Å². The number of aliphatic hydroxyl groups excluding tert-OH is 1. The van der Waals surface area contributed by atoms with E-state index < -0.39 is 51.6 Å². The Morgan fingerprint density at radius 1 is 1.14 bits per heavy atom. The van der Waals surface area contributed by atoms with Crippen LogP contribution in [-0.4, -0.2) is 118 Å². The number of aryl methyl sites for hydroxylation is 1. The minimum atomic E-state index is -4.69. The number of carboxylic acid groups (broad SMARTS) is 1. The molecule has 15 nitrogen and oxygen atoms in total. The molecule has 1 aliphatic rings. The van der Waals surface area contributed by atoms with Gasteiger partial charge in [-0.15, -0.1) is 0 Å². The van der Waals surface area contributed by atoms with E-state index in [1.54, 1.807) is 0 Å². The van der Waals surface area contributed by atoms with Gasteiger partial charge in [0.05, 0.1) is 6.54 Å². The number of piperazine rings is 1. The summed E-state index contributed by atoms with van der Waals surface area (Å²) in [5, 5.41) is 21.9. The fourth-order valence-corrected chi connectivity index (χ4v) is 4.11. The molecule has 5 N–H and O–H groups in total. The number of likely N-dealkylation sites (N-methyl/N-ethyl adjacent to an activating group) is 1. The highest BCUT2D eigenvalue weighted by molar-refractivity contribution is 7.85. The van der Waals surface area contributed by atoms with Crippen LogP contribution in [0.25, 0.3) is 0 Å². The van der Waals surface area contributed by atoms with Crippen molar-refractivity contribution in [3.8, 4) is 0 Å². The Morgan fingerprint density at radius 2 is 1.77 bits per heavy atom. The van der Waals surface area contributed by atoms with E-state index in [1.165, 1.54) is 13.1 Å². The predicted molar refractivity (Wildman–Crippen MR) is 123 cm³/mol. The number of nitrogens with one attached hydrogen (secondary N) is 2. The van der Waals surface area contributed by atoms with Gasteiger partial charge in [0.15, 0.2) is 6.54 Å². The van der Waals surface area contributed by atoms with Gasteiger partial charge in [0.25, 0.3) is 21.7 Å². The Morgan fingerprint density at radius 3 is 2.34 bits per heavy atom. The van der Waals surface area contributed by atoms with Crippen molar-refractivity contribution in [2.75, 3.05) is 52.1 Å². The van der Waals surface area contributed by atoms with Crippen molar-refractivity contribution >= 4 is 27.9 Å². The van der Waals surface area contributed by atoms with E-state index in [0.717, 1.165) is 30.7 Å². The Hall–Kier alpha value is -3.08. The van der Waals surface area contributed by atoms with Crippen LogP contribution in [-0.2, 0) is 32.8 Å². The van der Waals surface area contributed by atoms with E-state index in [9.17, 15) is 32.7 Å². The zero-order chi connectivity index (χ0) is 26.3. The summed E-state index contributed by atoms with van der Waals surface area (Å²) in [4.78, 5) is 54.7. The highest BCUT2D eigenvalue weighted by atomic mass is 32.2. The van der Waals surface area contributed by atoms with Crippen LogP contribution in [0.3, 0.4) is 0 Å². The smallest absolute Gasteiger partial charge is 0.374 e. The number of amides is 1. The van der Waals surface area contributed by atoms with Crippen molar-refractivity contribution in [1.29, 1.82) is 0 Å². The fourth-order valence-electron chi connectivity index (χ4n) is 3.46. The molecule has 1 aromatic rings. The summed E-state index contributed by atoms with van der Waals surface area (Å²) < 4.78 is 32.6. The van der Waals surface area contributed by atoms with Crippen LogP contribution in [0.4, 0.5) is 0 Å². The molecule has 1 amide bonds. The lowest BCUT2D eigenvalue weighted by molar-refractivity contribution is -0.494. The van der Waals surface area contributed by atoms with Gasteiger partial charge in [0.2, 0.25) is 5.91 Å². The van der Waals surface area contributed by atoms with E-state index in [4.69, 9.17) is 9.66 Å². The van der Waals surface area contributed by atoms with Crippen LogP contribution in [0.15, 0.2) is 15.8 Å². The quantitative estimate of drug-likeness (QED) is 0.106. The van der Waals surface area contributed by atoms with Crippen LogP contribution in [0.5, 0.6) is 0 Å². The number of nitrogens with zero attached hydrogens (tertiary/aromatic N) is 4. The second-order valence-corrected chi connectivity index (χ2v) is 9.84. The standard InChI is InChI=1S/C19H30N6O9S/c1-13-9-24(4-3-20-15(26)10-23-7-5-22(2)6-8-23)19(31)25(17(13)28)11-16(27)21-14(18(29)30)12-35(32,33)34/h9,14H,3-8,10-12H2,1-2H3,(H,20,26)(H,21,27)(H,29,30)(H,32,33,34)/p+1. The molecule has 0 bridgehead atoms. The first kappa shape index (κ1) is 28.2. The highest BCUT2D eigenvalue weighted by Crippen LogP contribution is 1.98. The lowest BCUT2D eigenvalue weighted by Crippen LogP contribution is -2.84. The van der Waals surface area contributed by atoms with E-state index in [0.29, 0.717) is 4.57 Å². The molecule has 1 fully saturated rings. The van der Waals surface area contributed by atoms with Crippen molar-refractivity contribution in [3.63, 3.8) is 0 Å². The Bertz CT molecular complexity index is 1180. The number of hydrogen-bond donors (Lipinski definition) is 5. The molecule has 0 aliphatic carbocycles. The van der Waals surface area contributed by atoms with E-state index >= 15 is 0 Å². The lowest BCUT2D eigenvalue weighted by atomic mass is 10.3. The van der Waals surface area contributed by atoms with Gasteiger partial charge < -0.3 is 20.4 Å². The number of carboxylic acids is 1. The summed E-state index contributed by atoms with van der Waals surface area (Å²) >= 11 is 0. The molecule has 0 aromatic carbocycles. The molecule has 1 aromatic heterocycles. The first-order chi connectivity index (χ1) is 16.3. The summed E-state index contributed by atoms with van der Waals surface area (Å²) in [7, 11) is -2.68. The van der Waals surface area contributed by atoms with Gasteiger partial charge in [-0.05, 0) is 14.0 Å². The molecule has 35 heavy (non-hydrogen) atoms. The molecule has 196 valence electrons. The largest absolute Gasteiger partial charge is 0.476 e. The molecular formula is C19H31N6O9S+. The lowest BCUT2D eigenvalue weighted by Gasteiger charge is -2.31. The van der Waals surface area contributed by atoms with Gasteiger partial charge >= 0.3 is 17.6 Å². The van der Waals surface area contributed by atoms with Crippen LogP contribution in [0.2, 0.25) is 0 Å². The first-order valence-corrected chi connectivity index (χ1v) is 12.4. The third kappa shape index (κ3) is 8.89. The normalized spacial score (nSPS) is 16.7. The van der Waals surface area contributed by atoms with E-state index in [1.807, 2.05) is 16.9 Å². The van der Waals surface area contributed by atoms with Crippen molar-refractivity contribution < 1.29 is 37.8 Å². The van der Waals surface area contributed by atoms with Crippen LogP contribution in [0.1, 0.15) is 5.56 Å². The molecule has 1 unspecified atom stereocenters. The average Bonchev–Trinajstić information content (AvgIpc) is 2.75. The molecule has 0 saturated carbocycles. The summed E-state index contributed by atoms with van der Waals surface area (Å²) in [6, 6.07) is -1.91. The third-order valence-electron chi connectivity index (χ3n) is 5.37. The van der Waals surface area contributed by atoms with Crippen LogP contribution >= 0.6 is 0 Å². The molecule has 16 heteroatoms. The second kappa shape index (κ2) is 12.1. The van der Waals surface area contributed by atoms with Crippen molar-refractivity contribution in [1.82, 2.24) is 24.3 Å². The number of hydrogen-bond acceptors (Lipinski definition) is 8. The number of carbonyl (C=O) groups is 2. The third-order valence-corrected chi connectivity index (χ3v) is 6.13. The fraction of sp³-hybridized carbons (Fsp3) is 0.632. The number of aliphatic hydroxyl groups is 1. The maximum Gasteiger partial charge on any atom is 0.374 e. The van der Waals surface area contributed by atoms with Crippen molar-refractivity contribution in [3.05, 3.63) is 32.6 Å². The Kier molecular flexibility index (Phi) is 9.70. The average molecular weight is 520 g/mol. The van der Waals surface area contributed by atoms with Gasteiger partial charge in [-0.3, -0.25) is 23.6 Å². The van der Waals surface area contributed by atoms with Crippen LogP contribution in [0, 0.1) is 6.92 Å². The molecule has 0 spiro atoms. The number of aromatic nitrogens is 2. The second-order valence-electron chi connectivity index (χ2n) is 8.34. The zero-order valence-electron chi connectivity index (χ0n) is 19.5. The number of aliphatic carboxylic acids is 1. The number of rotatable bonds is 11. The highest BCUT2D eigenvalue weighted by Gasteiger charge is 2.30. The molecule has 1 saturated heterocycles. The maximum absolute atomic E-state index is 12.7. The van der Waals surface area contributed by atoms with Crippen LogP contribution < -0.4 is 21.6 Å². The molecule has 2 rings (SSSR count). The Balaban J connectivity index is 2.08. The SMILES string of the molecule is Cc1cn(CCNC(=O)CN2CCN(C)CC2)c(=O)n(CC(O)=[NH+]C(CS(=O)(=O)O)C(=O)O)c1=O. The summed E-state index contributed by atoms with van der Waals surface area (Å²) in [5.41, 5.74) is -1.43. The molecule has 1 aliphatic heterocycles. The van der Waals surface area contributed by atoms with E-state index in [2.05, 4.69) is 10.2 Å². The Labute approximate surface area is 201 Å². The maximum atomic E-state index is 12.7. The van der Waals surface area contributed by atoms with Crippen molar-refractivity contribution in [2.24, 2.45) is 0 Å². The van der Waals surface area contributed by atoms with Gasteiger partial charge in [-0.25, -0.2) is 14.2 Å². The molecule has 1 atom stereocenters. The molecular weight excluding hydrogens is 488 g/mol. The van der Waals surface area contributed by atoms with Crippen molar-refractivity contribution in [2.45, 2.75) is 26.1 Å². The first-order valence-electron chi connectivity index (χ1n) is 10.7. The molecule has 0 radical (unpaired) electrons. The minimum absolute atomic E-state index is 0.0309. The summed E-state index contributed by atoms with van der Waals surface area (Å²) in [6.45, 7) is 4.31. The summed E-state index contributed by atoms with van der Waals surface area (Å²) in [5.74, 6) is -4.00.